The van der Waals surface area contributed by atoms with Gasteiger partial charge in [-0.15, -0.1) is 10.2 Å². The van der Waals surface area contributed by atoms with E-state index in [0.29, 0.717) is 12.4 Å². The maximum absolute atomic E-state index is 10.9. The largest absolute Gasteiger partial charge is 0.364 e. The Morgan fingerprint density at radius 3 is 3.23 bits per heavy atom. The molecule has 0 aliphatic heterocycles. The first kappa shape index (κ1) is 9.66. The fourth-order valence-electron chi connectivity index (χ4n) is 0.753. The highest BCUT2D eigenvalue weighted by Gasteiger charge is 2.00. The molecule has 0 spiro atoms. The summed E-state index contributed by atoms with van der Waals surface area (Å²) in [6.07, 6.45) is 2.43. The van der Waals surface area contributed by atoms with E-state index >= 15 is 0 Å². The van der Waals surface area contributed by atoms with E-state index in [1.165, 1.54) is 0 Å². The molecular weight excluding hydrogens is 172 g/mol. The number of carbonyl (C=O) groups excluding carboxylic acids is 1. The Hall–Kier alpha value is -1.43. The molecule has 6 heteroatoms. The van der Waals surface area contributed by atoms with Crippen molar-refractivity contribution in [3.8, 4) is 0 Å². The van der Waals surface area contributed by atoms with Gasteiger partial charge in [0.2, 0.25) is 5.91 Å². The smallest absolute Gasteiger partial charge is 0.246 e. The Labute approximate surface area is 75.7 Å². The molecule has 6 nitrogen and oxygen atoms in total. The average Bonchev–Trinajstić information content (AvgIpc) is 2.57. The van der Waals surface area contributed by atoms with Gasteiger partial charge in [0, 0.05) is 6.54 Å². The first-order valence-electron chi connectivity index (χ1n) is 3.95. The average molecular weight is 183 g/mol. The van der Waals surface area contributed by atoms with Crippen LogP contribution in [0.25, 0.3) is 0 Å². The zero-order valence-corrected chi connectivity index (χ0v) is 7.33. The number of nitrogens with zero attached hydrogens (tertiary/aromatic N) is 2. The van der Waals surface area contributed by atoms with Gasteiger partial charge in [0.15, 0.2) is 12.2 Å². The molecule has 1 rings (SSSR count). The minimum Gasteiger partial charge on any atom is -0.364 e. The summed E-state index contributed by atoms with van der Waals surface area (Å²) in [7, 11) is 0. The Balaban J connectivity index is 2.11. The molecule has 0 saturated carbocycles. The lowest BCUT2D eigenvalue weighted by Gasteiger charge is -2.01. The monoisotopic (exact) mass is 183 g/mol. The van der Waals surface area contributed by atoms with Gasteiger partial charge in [-0.3, -0.25) is 4.79 Å². The van der Waals surface area contributed by atoms with Crippen molar-refractivity contribution in [2.24, 2.45) is 0 Å². The molecule has 71 valence electrons. The summed E-state index contributed by atoms with van der Waals surface area (Å²) in [6, 6.07) is 0. The summed E-state index contributed by atoms with van der Waals surface area (Å²) in [5.74, 6) is 0.426. The van der Waals surface area contributed by atoms with Gasteiger partial charge in [-0.2, -0.15) is 0 Å². The third-order valence-electron chi connectivity index (χ3n) is 1.27. The number of carbonyl (C=O) groups is 1. The molecule has 0 aliphatic rings. The quantitative estimate of drug-likeness (QED) is 0.630. The molecule has 1 aromatic rings. The summed E-state index contributed by atoms with van der Waals surface area (Å²) < 4.78 is 5.03. The summed E-state index contributed by atoms with van der Waals surface area (Å²) in [5, 5.41) is 9.69. The molecule has 0 bridgehead atoms. The van der Waals surface area contributed by atoms with Crippen molar-refractivity contribution in [2.45, 2.75) is 13.5 Å². The van der Waals surface area contributed by atoms with Crippen LogP contribution < -0.4 is 5.32 Å². The van der Waals surface area contributed by atoms with Gasteiger partial charge in [-0.05, 0) is 6.92 Å². The number of amides is 1. The summed E-state index contributed by atoms with van der Waals surface area (Å²) in [6.45, 7) is 2.74. The number of hydrogen-bond acceptors (Lipinski definition) is 4. The normalized spacial score (nSPS) is 9.92. The van der Waals surface area contributed by atoms with Gasteiger partial charge < -0.3 is 15.0 Å². The maximum atomic E-state index is 10.9. The van der Waals surface area contributed by atoms with E-state index in [1.807, 2.05) is 6.92 Å². The van der Waals surface area contributed by atoms with E-state index < -0.39 is 0 Å². The topological polar surface area (TPSA) is 79.9 Å². The van der Waals surface area contributed by atoms with Crippen molar-refractivity contribution in [2.75, 3.05) is 13.2 Å². The van der Waals surface area contributed by atoms with Gasteiger partial charge in [0.1, 0.15) is 13.2 Å². The van der Waals surface area contributed by atoms with E-state index in [0.717, 1.165) is 0 Å². The highest BCUT2D eigenvalue weighted by molar-refractivity contribution is 5.77. The Kier molecular flexibility index (Phi) is 3.90. The predicted octanol–water partition coefficient (Wildman–Crippen LogP) is -0.742. The number of H-pyrrole nitrogens is 1. The number of aromatic nitrogens is 3. The van der Waals surface area contributed by atoms with Gasteiger partial charge in [0.05, 0.1) is 0 Å². The minimum atomic E-state index is -0.133. The second-order valence-electron chi connectivity index (χ2n) is 2.33. The van der Waals surface area contributed by atoms with Crippen molar-refractivity contribution in [1.29, 1.82) is 0 Å². The third kappa shape index (κ3) is 3.66. The first-order chi connectivity index (χ1) is 6.33. The number of ether oxygens (including phenoxy) is 1. The molecule has 0 unspecified atom stereocenters. The Morgan fingerprint density at radius 2 is 2.62 bits per heavy atom. The number of hydrogen-bond donors (Lipinski definition) is 2. The van der Waals surface area contributed by atoms with Crippen LogP contribution in [0.4, 0.5) is 0 Å². The van der Waals surface area contributed by atoms with Crippen molar-refractivity contribution < 1.29 is 9.53 Å². The van der Waals surface area contributed by atoms with Crippen LogP contribution in [-0.4, -0.2) is 34.2 Å². The van der Waals surface area contributed by atoms with E-state index in [9.17, 15) is 4.79 Å². The lowest BCUT2D eigenvalue weighted by molar-refractivity contribution is -0.126. The molecule has 0 aliphatic carbocycles. The van der Waals surface area contributed by atoms with Gasteiger partial charge in [0.25, 0.3) is 0 Å². The van der Waals surface area contributed by atoms with E-state index in [4.69, 9.17) is 4.74 Å². The molecule has 1 amide bonds. The van der Waals surface area contributed by atoms with E-state index in [1.54, 1.807) is 0 Å². The van der Waals surface area contributed by atoms with Gasteiger partial charge in [-0.25, -0.2) is 0 Å². The SMILES string of the molecule is CCNC(=O)COCc1nn[c][nH]1. The highest BCUT2D eigenvalue weighted by Crippen LogP contribution is 1.88. The minimum absolute atomic E-state index is 0.0362. The van der Waals surface area contributed by atoms with Crippen molar-refractivity contribution in [1.82, 2.24) is 20.5 Å². The maximum Gasteiger partial charge on any atom is 0.246 e. The molecule has 0 atom stereocenters. The molecule has 13 heavy (non-hydrogen) atoms. The molecular formula is C7H11N4O2. The van der Waals surface area contributed by atoms with Crippen LogP contribution in [-0.2, 0) is 16.1 Å². The van der Waals surface area contributed by atoms with Crippen LogP contribution in [0.2, 0.25) is 0 Å². The van der Waals surface area contributed by atoms with Crippen molar-refractivity contribution >= 4 is 5.91 Å². The molecule has 1 heterocycles. The lowest BCUT2D eigenvalue weighted by Crippen LogP contribution is -2.27. The van der Waals surface area contributed by atoms with Crippen LogP contribution in [0.1, 0.15) is 12.7 Å². The summed E-state index contributed by atoms with van der Waals surface area (Å²) >= 11 is 0. The molecule has 0 saturated heterocycles. The molecule has 0 aromatic carbocycles. The Bertz CT molecular complexity index is 247. The number of nitrogens with one attached hydrogen (secondary N) is 2. The third-order valence-corrected chi connectivity index (χ3v) is 1.27. The number of likely N-dealkylation sites (N-methyl/N-ethyl adjacent to an activating group) is 1. The van der Waals surface area contributed by atoms with Gasteiger partial charge in [-0.1, -0.05) is 0 Å². The fourth-order valence-corrected chi connectivity index (χ4v) is 0.753. The number of rotatable bonds is 5. The molecule has 1 aromatic heterocycles. The fraction of sp³-hybridized carbons (Fsp3) is 0.571. The number of aromatic amines is 1. The van der Waals surface area contributed by atoms with Crippen LogP contribution in [0.5, 0.6) is 0 Å². The summed E-state index contributed by atoms with van der Waals surface area (Å²) in [5.41, 5.74) is 0. The second kappa shape index (κ2) is 5.26. The zero-order valence-electron chi connectivity index (χ0n) is 7.33. The first-order valence-corrected chi connectivity index (χ1v) is 3.95. The summed E-state index contributed by atoms with van der Waals surface area (Å²) in [4.78, 5) is 13.5. The van der Waals surface area contributed by atoms with Crippen molar-refractivity contribution in [3.63, 3.8) is 0 Å². The zero-order chi connectivity index (χ0) is 9.52. The van der Waals surface area contributed by atoms with Crippen LogP contribution >= 0.6 is 0 Å². The molecule has 0 fully saturated rings. The van der Waals surface area contributed by atoms with E-state index in [2.05, 4.69) is 26.8 Å². The standard InChI is InChI=1S/C7H11N4O2/c1-2-8-7(12)4-13-3-6-9-5-10-11-6/h2-4H2,1H3,(H,8,12)(H,9,10,11). The molecule has 1 radical (unpaired) electrons. The lowest BCUT2D eigenvalue weighted by atomic mass is 10.6. The van der Waals surface area contributed by atoms with Crippen LogP contribution in [0, 0.1) is 6.33 Å². The predicted molar refractivity (Wildman–Crippen MR) is 43.6 cm³/mol. The van der Waals surface area contributed by atoms with Crippen LogP contribution in [0.15, 0.2) is 0 Å². The van der Waals surface area contributed by atoms with E-state index in [-0.39, 0.29) is 19.1 Å². The Morgan fingerprint density at radius 1 is 1.77 bits per heavy atom. The molecule has 2 N–H and O–H groups in total. The highest BCUT2D eigenvalue weighted by atomic mass is 16.5. The van der Waals surface area contributed by atoms with Crippen LogP contribution in [0.3, 0.4) is 0 Å². The second-order valence-corrected chi connectivity index (χ2v) is 2.33. The van der Waals surface area contributed by atoms with Crippen molar-refractivity contribution in [3.05, 3.63) is 12.2 Å². The van der Waals surface area contributed by atoms with Gasteiger partial charge >= 0.3 is 0 Å².